The number of nitrogens with one attached hydrogen (secondary N) is 1. The molecule has 0 fully saturated rings. The van der Waals surface area contributed by atoms with Crippen LogP contribution >= 0.6 is 0 Å². The molecule has 3 heteroatoms. The lowest BCUT2D eigenvalue weighted by Crippen LogP contribution is -2.31. The summed E-state index contributed by atoms with van der Waals surface area (Å²) in [7, 11) is 3.33. The molecule has 1 aliphatic rings. The number of fused-ring (bicyclic) bond motifs is 1. The predicted octanol–water partition coefficient (Wildman–Crippen LogP) is 1.88. The Hall–Kier alpha value is -0.900. The van der Waals surface area contributed by atoms with Crippen molar-refractivity contribution in [2.75, 3.05) is 20.8 Å². The van der Waals surface area contributed by atoms with Crippen LogP contribution in [0.3, 0.4) is 0 Å². The van der Waals surface area contributed by atoms with Crippen LogP contribution < -0.4 is 5.32 Å². The molecule has 0 bridgehead atoms. The Balaban J connectivity index is 1.93. The number of hydrogen-bond acceptors (Lipinski definition) is 3. The van der Waals surface area contributed by atoms with Crippen LogP contribution in [0, 0.1) is 0 Å². The van der Waals surface area contributed by atoms with E-state index in [2.05, 4.69) is 29.6 Å². The van der Waals surface area contributed by atoms with Gasteiger partial charge in [-0.05, 0) is 24.0 Å². The Morgan fingerprint density at radius 1 is 1.31 bits per heavy atom. The van der Waals surface area contributed by atoms with Gasteiger partial charge in [0, 0.05) is 26.8 Å². The van der Waals surface area contributed by atoms with E-state index in [9.17, 15) is 0 Å². The Bertz CT molecular complexity index is 336. The lowest BCUT2D eigenvalue weighted by Gasteiger charge is -2.18. The smallest absolute Gasteiger partial charge is 0.169 e. The summed E-state index contributed by atoms with van der Waals surface area (Å²) in [5, 5.41) is 3.49. The van der Waals surface area contributed by atoms with E-state index >= 15 is 0 Å². The zero-order valence-corrected chi connectivity index (χ0v) is 9.90. The second-order valence-electron chi connectivity index (χ2n) is 4.10. The summed E-state index contributed by atoms with van der Waals surface area (Å²) in [6, 6.07) is 9.07. The van der Waals surface area contributed by atoms with Crippen LogP contribution in [0.1, 0.15) is 23.6 Å². The number of benzene rings is 1. The number of rotatable bonds is 5. The highest BCUT2D eigenvalue weighted by molar-refractivity contribution is 5.34. The summed E-state index contributed by atoms with van der Waals surface area (Å²) in [5.74, 6) is 0. The van der Waals surface area contributed by atoms with Gasteiger partial charge >= 0.3 is 0 Å². The third-order valence-electron chi connectivity index (χ3n) is 3.19. The second-order valence-corrected chi connectivity index (χ2v) is 4.10. The molecule has 0 spiro atoms. The van der Waals surface area contributed by atoms with E-state index in [4.69, 9.17) is 9.47 Å². The molecule has 0 radical (unpaired) electrons. The molecular formula is C13H19NO2. The molecule has 0 saturated heterocycles. The molecule has 88 valence electrons. The van der Waals surface area contributed by atoms with Crippen LogP contribution in [0.2, 0.25) is 0 Å². The van der Waals surface area contributed by atoms with Crippen molar-refractivity contribution in [3.05, 3.63) is 35.4 Å². The van der Waals surface area contributed by atoms with E-state index in [1.54, 1.807) is 14.2 Å². The first-order valence-corrected chi connectivity index (χ1v) is 5.72. The molecule has 1 aromatic carbocycles. The standard InChI is InChI=1S/C13H19NO2/c1-15-13(16-2)9-14-12-8-7-10-5-3-4-6-11(10)12/h3-6,12-14H,7-9H2,1-2H3. The predicted molar refractivity (Wildman–Crippen MR) is 63.3 cm³/mol. The summed E-state index contributed by atoms with van der Waals surface area (Å²) < 4.78 is 10.3. The van der Waals surface area contributed by atoms with Crippen molar-refractivity contribution in [2.24, 2.45) is 0 Å². The largest absolute Gasteiger partial charge is 0.355 e. The maximum Gasteiger partial charge on any atom is 0.169 e. The van der Waals surface area contributed by atoms with Gasteiger partial charge in [-0.3, -0.25) is 0 Å². The van der Waals surface area contributed by atoms with Crippen LogP contribution in [-0.2, 0) is 15.9 Å². The fraction of sp³-hybridized carbons (Fsp3) is 0.538. The molecule has 3 nitrogen and oxygen atoms in total. The van der Waals surface area contributed by atoms with Gasteiger partial charge in [-0.2, -0.15) is 0 Å². The third-order valence-corrected chi connectivity index (χ3v) is 3.19. The summed E-state index contributed by atoms with van der Waals surface area (Å²) in [6.07, 6.45) is 2.17. The number of hydrogen-bond donors (Lipinski definition) is 1. The minimum Gasteiger partial charge on any atom is -0.355 e. The van der Waals surface area contributed by atoms with Crippen molar-refractivity contribution in [2.45, 2.75) is 25.2 Å². The molecule has 0 saturated carbocycles. The highest BCUT2D eigenvalue weighted by atomic mass is 16.7. The van der Waals surface area contributed by atoms with Crippen LogP contribution in [0.4, 0.5) is 0 Å². The molecule has 1 aliphatic carbocycles. The quantitative estimate of drug-likeness (QED) is 0.770. The summed E-state index contributed by atoms with van der Waals surface area (Å²) >= 11 is 0. The third kappa shape index (κ3) is 2.43. The molecule has 0 aromatic heterocycles. The first kappa shape index (κ1) is 11.6. The van der Waals surface area contributed by atoms with Gasteiger partial charge in [-0.25, -0.2) is 0 Å². The van der Waals surface area contributed by atoms with E-state index in [-0.39, 0.29) is 6.29 Å². The SMILES string of the molecule is COC(CNC1CCc2ccccc21)OC. The lowest BCUT2D eigenvalue weighted by molar-refractivity contribution is -0.0999. The Morgan fingerprint density at radius 2 is 2.06 bits per heavy atom. The van der Waals surface area contributed by atoms with E-state index < -0.39 is 0 Å². The van der Waals surface area contributed by atoms with Crippen LogP contribution in [0.15, 0.2) is 24.3 Å². The topological polar surface area (TPSA) is 30.5 Å². The molecule has 0 heterocycles. The molecule has 1 atom stereocenters. The number of methoxy groups -OCH3 is 2. The van der Waals surface area contributed by atoms with Crippen molar-refractivity contribution in [3.63, 3.8) is 0 Å². The van der Waals surface area contributed by atoms with E-state index in [0.29, 0.717) is 6.04 Å². The monoisotopic (exact) mass is 221 g/mol. The van der Waals surface area contributed by atoms with Gasteiger partial charge in [0.2, 0.25) is 0 Å². The Morgan fingerprint density at radius 3 is 2.81 bits per heavy atom. The number of aryl methyl sites for hydroxylation is 1. The van der Waals surface area contributed by atoms with E-state index in [1.165, 1.54) is 24.0 Å². The summed E-state index contributed by atoms with van der Waals surface area (Å²) in [6.45, 7) is 0.728. The summed E-state index contributed by atoms with van der Waals surface area (Å²) in [4.78, 5) is 0. The van der Waals surface area contributed by atoms with Gasteiger partial charge in [0.15, 0.2) is 6.29 Å². The van der Waals surface area contributed by atoms with Crippen molar-refractivity contribution < 1.29 is 9.47 Å². The van der Waals surface area contributed by atoms with Crippen LogP contribution in [0.5, 0.6) is 0 Å². The Kier molecular flexibility index (Phi) is 3.93. The van der Waals surface area contributed by atoms with Gasteiger partial charge in [0.25, 0.3) is 0 Å². The van der Waals surface area contributed by atoms with Gasteiger partial charge in [0.05, 0.1) is 0 Å². The van der Waals surface area contributed by atoms with Crippen molar-refractivity contribution >= 4 is 0 Å². The molecule has 0 amide bonds. The van der Waals surface area contributed by atoms with Crippen molar-refractivity contribution in [1.82, 2.24) is 5.32 Å². The minimum absolute atomic E-state index is 0.159. The average molecular weight is 221 g/mol. The van der Waals surface area contributed by atoms with Gasteiger partial charge in [0.1, 0.15) is 0 Å². The highest BCUT2D eigenvalue weighted by Gasteiger charge is 2.22. The summed E-state index contributed by atoms with van der Waals surface area (Å²) in [5.41, 5.74) is 2.89. The van der Waals surface area contributed by atoms with E-state index in [0.717, 1.165) is 6.54 Å². The van der Waals surface area contributed by atoms with Gasteiger partial charge in [-0.1, -0.05) is 24.3 Å². The molecule has 2 rings (SSSR count). The molecule has 0 aliphatic heterocycles. The van der Waals surface area contributed by atoms with Gasteiger partial charge < -0.3 is 14.8 Å². The first-order valence-electron chi connectivity index (χ1n) is 5.72. The lowest BCUT2D eigenvalue weighted by atomic mass is 10.1. The molecule has 1 aromatic rings. The number of ether oxygens (including phenoxy) is 2. The van der Waals surface area contributed by atoms with Crippen molar-refractivity contribution in [1.29, 1.82) is 0 Å². The second kappa shape index (κ2) is 5.43. The zero-order chi connectivity index (χ0) is 11.4. The normalized spacial score (nSPS) is 19.1. The average Bonchev–Trinajstić information content (AvgIpc) is 2.74. The Labute approximate surface area is 96.8 Å². The molecule has 1 N–H and O–H groups in total. The van der Waals surface area contributed by atoms with E-state index in [1.807, 2.05) is 0 Å². The van der Waals surface area contributed by atoms with Crippen molar-refractivity contribution in [3.8, 4) is 0 Å². The minimum atomic E-state index is -0.159. The fourth-order valence-electron chi connectivity index (χ4n) is 2.27. The zero-order valence-electron chi connectivity index (χ0n) is 9.90. The molecular weight excluding hydrogens is 202 g/mol. The van der Waals surface area contributed by atoms with Crippen LogP contribution in [0.25, 0.3) is 0 Å². The molecule has 1 unspecified atom stereocenters. The van der Waals surface area contributed by atoms with Gasteiger partial charge in [-0.15, -0.1) is 0 Å². The maximum absolute atomic E-state index is 5.16. The molecule has 16 heavy (non-hydrogen) atoms. The van der Waals surface area contributed by atoms with Crippen LogP contribution in [-0.4, -0.2) is 27.1 Å². The fourth-order valence-corrected chi connectivity index (χ4v) is 2.27. The maximum atomic E-state index is 5.16. The first-order chi connectivity index (χ1) is 7.85. The highest BCUT2D eigenvalue weighted by Crippen LogP contribution is 2.30.